The molecule has 32 heavy (non-hydrogen) atoms. The molecule has 0 amide bonds. The molecule has 0 aromatic heterocycles. The Balaban J connectivity index is 1.40. The van der Waals surface area contributed by atoms with Gasteiger partial charge < -0.3 is 15.4 Å². The molecular formula is C23H29ClN4O3S. The van der Waals surface area contributed by atoms with Crippen molar-refractivity contribution < 1.29 is 13.2 Å². The van der Waals surface area contributed by atoms with Crippen LogP contribution in [-0.4, -0.2) is 57.8 Å². The van der Waals surface area contributed by atoms with Gasteiger partial charge in [0.1, 0.15) is 12.4 Å². The van der Waals surface area contributed by atoms with Crippen LogP contribution >= 0.6 is 11.6 Å². The summed E-state index contributed by atoms with van der Waals surface area (Å²) in [5.41, 5.74) is 10.1. The zero-order valence-electron chi connectivity index (χ0n) is 18.1. The minimum Gasteiger partial charge on any atom is -0.492 e. The van der Waals surface area contributed by atoms with E-state index in [0.29, 0.717) is 12.3 Å². The summed E-state index contributed by atoms with van der Waals surface area (Å²) in [7, 11) is -1.72. The molecule has 2 aliphatic rings. The van der Waals surface area contributed by atoms with E-state index in [0.717, 1.165) is 29.8 Å². The molecule has 0 spiro atoms. The topological polar surface area (TPSA) is 97.0 Å². The second-order valence-electron chi connectivity index (χ2n) is 8.41. The average Bonchev–Trinajstić information content (AvgIpc) is 3.22. The summed E-state index contributed by atoms with van der Waals surface area (Å²) in [5.74, 6) is 0.859. The maximum absolute atomic E-state index is 12.3. The van der Waals surface area contributed by atoms with Crippen LogP contribution in [0.1, 0.15) is 29.0 Å². The van der Waals surface area contributed by atoms with Crippen LogP contribution in [0.25, 0.3) is 0 Å². The molecule has 1 heterocycles. The number of nitrogens with two attached hydrogens (primary N) is 1. The number of hydrogen-bond acceptors (Lipinski definition) is 6. The van der Waals surface area contributed by atoms with Crippen LogP contribution in [0.2, 0.25) is 5.02 Å². The summed E-state index contributed by atoms with van der Waals surface area (Å²) in [4.78, 5) is 5.77. The molecule has 0 bridgehead atoms. The van der Waals surface area contributed by atoms with E-state index < -0.39 is 15.4 Å². The van der Waals surface area contributed by atoms with Gasteiger partial charge in [-0.1, -0.05) is 35.9 Å². The fraction of sp³-hybridized carbons (Fsp3) is 0.435. The number of nitrogens with zero attached hydrogens (tertiary/aromatic N) is 2. The first-order valence-electron chi connectivity index (χ1n) is 10.8. The average molecular weight is 477 g/mol. The molecule has 9 heteroatoms. The van der Waals surface area contributed by atoms with Crippen molar-refractivity contribution in [2.24, 2.45) is 10.7 Å². The van der Waals surface area contributed by atoms with Gasteiger partial charge in [0.15, 0.2) is 5.37 Å². The summed E-state index contributed by atoms with van der Waals surface area (Å²) >= 11 is 6.39. The molecule has 3 atom stereocenters. The van der Waals surface area contributed by atoms with Crippen LogP contribution in [0, 0.1) is 0 Å². The number of rotatable bonds is 8. The molecule has 0 saturated carbocycles. The Morgan fingerprint density at radius 2 is 2.09 bits per heavy atom. The van der Waals surface area contributed by atoms with Gasteiger partial charge in [0.25, 0.3) is 0 Å². The SMILES string of the molecule is CN1C=NC(S(=O)(=O)NCCOc2ccc3c(c2)C(Cc2ccccc2Cl)C(N)CC3)C1. The first kappa shape index (κ1) is 23.0. The van der Waals surface area contributed by atoms with Gasteiger partial charge in [0.05, 0.1) is 12.9 Å². The Labute approximate surface area is 194 Å². The second kappa shape index (κ2) is 9.79. The van der Waals surface area contributed by atoms with E-state index in [9.17, 15) is 8.42 Å². The molecular weight excluding hydrogens is 448 g/mol. The number of aryl methyl sites for hydroxylation is 1. The first-order valence-corrected chi connectivity index (χ1v) is 12.7. The van der Waals surface area contributed by atoms with Gasteiger partial charge in [-0.25, -0.2) is 13.1 Å². The normalized spacial score (nSPS) is 22.7. The molecule has 1 aliphatic heterocycles. The number of sulfonamides is 1. The fourth-order valence-electron chi connectivity index (χ4n) is 4.31. The lowest BCUT2D eigenvalue weighted by Crippen LogP contribution is -2.38. The van der Waals surface area contributed by atoms with E-state index in [1.165, 1.54) is 17.5 Å². The lowest BCUT2D eigenvalue weighted by molar-refractivity contribution is 0.321. The predicted molar refractivity (Wildman–Crippen MR) is 128 cm³/mol. The molecule has 0 radical (unpaired) electrons. The number of likely N-dealkylation sites (N-methyl/N-ethyl adjacent to an activating group) is 1. The lowest BCUT2D eigenvalue weighted by Gasteiger charge is -2.32. The van der Waals surface area contributed by atoms with E-state index in [2.05, 4.69) is 15.8 Å². The second-order valence-corrected chi connectivity index (χ2v) is 10.7. The number of aliphatic imine (C=N–C) groups is 1. The van der Waals surface area contributed by atoms with Crippen LogP contribution in [-0.2, 0) is 22.9 Å². The molecule has 3 unspecified atom stereocenters. The number of ether oxygens (including phenoxy) is 1. The third kappa shape index (κ3) is 5.26. The van der Waals surface area contributed by atoms with Crippen molar-refractivity contribution in [2.45, 2.75) is 36.6 Å². The standard InChI is InChI=1S/C23H29ClN4O3S/c1-28-14-23(26-15-28)32(29,30)27-10-11-31-18-8-6-16-7-9-22(25)20(19(16)13-18)12-17-4-2-3-5-21(17)24/h2-6,8,13,15,20,22-23,27H,7,9-12,14,25H2,1H3. The highest BCUT2D eigenvalue weighted by Crippen LogP contribution is 2.36. The van der Waals surface area contributed by atoms with Crippen LogP contribution < -0.4 is 15.2 Å². The predicted octanol–water partition coefficient (Wildman–Crippen LogP) is 2.54. The number of hydrogen-bond donors (Lipinski definition) is 2. The molecule has 2 aromatic carbocycles. The highest BCUT2D eigenvalue weighted by molar-refractivity contribution is 7.90. The molecule has 3 N–H and O–H groups in total. The van der Waals surface area contributed by atoms with Crippen molar-refractivity contribution in [3.63, 3.8) is 0 Å². The van der Waals surface area contributed by atoms with E-state index in [1.807, 2.05) is 36.4 Å². The maximum Gasteiger partial charge on any atom is 0.236 e. The minimum absolute atomic E-state index is 0.0472. The molecule has 0 saturated heterocycles. The van der Waals surface area contributed by atoms with Crippen LogP contribution in [0.15, 0.2) is 47.5 Å². The molecule has 7 nitrogen and oxygen atoms in total. The van der Waals surface area contributed by atoms with Gasteiger partial charge in [-0.3, -0.25) is 4.99 Å². The third-order valence-electron chi connectivity index (χ3n) is 6.08. The van der Waals surface area contributed by atoms with Gasteiger partial charge in [-0.05, 0) is 54.2 Å². The summed E-state index contributed by atoms with van der Waals surface area (Å²) < 4.78 is 33.1. The maximum atomic E-state index is 12.3. The van der Waals surface area contributed by atoms with Gasteiger partial charge in [0.2, 0.25) is 10.0 Å². The molecule has 1 aliphatic carbocycles. The van der Waals surface area contributed by atoms with Gasteiger partial charge in [0, 0.05) is 30.6 Å². The smallest absolute Gasteiger partial charge is 0.236 e. The third-order valence-corrected chi connectivity index (χ3v) is 8.05. The van der Waals surface area contributed by atoms with Gasteiger partial charge >= 0.3 is 0 Å². The Bertz CT molecular complexity index is 1090. The first-order chi connectivity index (χ1) is 15.3. The number of nitrogens with one attached hydrogen (secondary N) is 1. The van der Waals surface area contributed by atoms with Gasteiger partial charge in [-0.2, -0.15) is 0 Å². The summed E-state index contributed by atoms with van der Waals surface area (Å²) in [6.45, 7) is 0.761. The molecule has 2 aromatic rings. The molecule has 4 rings (SSSR count). The minimum atomic E-state index is -3.52. The van der Waals surface area contributed by atoms with Crippen molar-refractivity contribution in [3.05, 3.63) is 64.2 Å². The van der Waals surface area contributed by atoms with Crippen LogP contribution in [0.5, 0.6) is 5.75 Å². The molecule has 0 fully saturated rings. The van der Waals surface area contributed by atoms with Crippen LogP contribution in [0.3, 0.4) is 0 Å². The highest BCUT2D eigenvalue weighted by Gasteiger charge is 2.29. The van der Waals surface area contributed by atoms with Crippen molar-refractivity contribution in [1.29, 1.82) is 0 Å². The summed E-state index contributed by atoms with van der Waals surface area (Å²) in [6.07, 6.45) is 4.18. The van der Waals surface area contributed by atoms with Crippen molar-refractivity contribution in [1.82, 2.24) is 9.62 Å². The van der Waals surface area contributed by atoms with Crippen molar-refractivity contribution in [3.8, 4) is 5.75 Å². The van der Waals surface area contributed by atoms with Crippen molar-refractivity contribution in [2.75, 3.05) is 26.7 Å². The van der Waals surface area contributed by atoms with Gasteiger partial charge in [-0.15, -0.1) is 0 Å². The summed E-state index contributed by atoms with van der Waals surface area (Å²) in [6, 6.07) is 14.0. The Morgan fingerprint density at radius 1 is 1.28 bits per heavy atom. The van der Waals surface area contributed by atoms with E-state index >= 15 is 0 Å². The molecule has 172 valence electrons. The van der Waals surface area contributed by atoms with E-state index in [-0.39, 0.29) is 25.1 Å². The Hall–Kier alpha value is -2.13. The zero-order chi connectivity index (χ0) is 22.7. The van der Waals surface area contributed by atoms with Crippen LogP contribution in [0.4, 0.5) is 0 Å². The summed E-state index contributed by atoms with van der Waals surface area (Å²) in [5, 5.41) is -0.0207. The number of benzene rings is 2. The number of halogens is 1. The Morgan fingerprint density at radius 3 is 2.84 bits per heavy atom. The quantitative estimate of drug-likeness (QED) is 0.570. The fourth-order valence-corrected chi connectivity index (χ4v) is 5.73. The largest absolute Gasteiger partial charge is 0.492 e. The number of fused-ring (bicyclic) bond motifs is 1. The highest BCUT2D eigenvalue weighted by atomic mass is 35.5. The van der Waals surface area contributed by atoms with E-state index in [4.69, 9.17) is 22.1 Å². The monoisotopic (exact) mass is 476 g/mol. The Kier molecular flexibility index (Phi) is 7.05. The van der Waals surface area contributed by atoms with E-state index in [1.54, 1.807) is 11.9 Å². The zero-order valence-corrected chi connectivity index (χ0v) is 19.6. The lowest BCUT2D eigenvalue weighted by atomic mass is 9.76. The van der Waals surface area contributed by atoms with Crippen molar-refractivity contribution >= 4 is 28.0 Å².